The summed E-state index contributed by atoms with van der Waals surface area (Å²) in [6.45, 7) is 0. The SMILES string of the molecule is c1ccc(C2=NC(c3ccccc3)NC(n3c4ccc(-c5ncccn5)cc4c4ccc5c6cc(-c7ncccn7)ccc6n(-c6ccccc6)c5c43)=N2)cc1. The zero-order valence-corrected chi connectivity index (χ0v) is 29.9. The first-order chi connectivity index (χ1) is 27.8. The van der Waals surface area contributed by atoms with Crippen molar-refractivity contribution in [1.29, 1.82) is 0 Å². The van der Waals surface area contributed by atoms with Gasteiger partial charge in [-0.15, -0.1) is 0 Å². The zero-order chi connectivity index (χ0) is 37.0. The standard InChI is InChI=1S/C47H31N9/c1-4-12-30(13-5-1)45-52-46(31-14-6-2-7-15-31)54-47(53-45)56-40-23-19-33(44-50-26-11-27-51-44)29-38(40)36-21-20-35-37-28-32(43-48-24-10-25-49-43)18-22-39(37)55(41(35)42(36)56)34-16-8-3-9-17-34/h1-29,45H,(H,52,53,54). The van der Waals surface area contributed by atoms with Gasteiger partial charge in [-0.3, -0.25) is 4.57 Å². The molecule has 1 N–H and O–H groups in total. The number of hydrogen-bond acceptors (Lipinski definition) is 7. The van der Waals surface area contributed by atoms with E-state index < -0.39 is 0 Å². The Bertz CT molecular complexity index is 3140. The number of amidine groups is 1. The molecule has 6 aromatic carbocycles. The van der Waals surface area contributed by atoms with E-state index in [-0.39, 0.29) is 6.17 Å². The van der Waals surface area contributed by atoms with Crippen LogP contribution in [0.25, 0.3) is 72.1 Å². The van der Waals surface area contributed by atoms with E-state index in [1.54, 1.807) is 24.8 Å². The fraction of sp³-hybridized carbons (Fsp3) is 0.0213. The fourth-order valence-corrected chi connectivity index (χ4v) is 7.91. The van der Waals surface area contributed by atoms with Crippen molar-refractivity contribution in [3.8, 4) is 28.5 Å². The topological polar surface area (TPSA) is 98.2 Å². The Morgan fingerprint density at radius 1 is 0.446 bits per heavy atom. The van der Waals surface area contributed by atoms with Gasteiger partial charge >= 0.3 is 0 Å². The molecule has 0 saturated heterocycles. The molecule has 4 aromatic heterocycles. The maximum absolute atomic E-state index is 5.34. The van der Waals surface area contributed by atoms with Crippen molar-refractivity contribution in [3.05, 3.63) is 188 Å². The number of para-hydroxylation sites is 1. The Morgan fingerprint density at radius 2 is 0.964 bits per heavy atom. The van der Waals surface area contributed by atoms with E-state index in [2.05, 4.69) is 138 Å². The average Bonchev–Trinajstić information content (AvgIpc) is 3.80. The summed E-state index contributed by atoms with van der Waals surface area (Å²) in [7, 11) is 0. The third kappa shape index (κ3) is 5.17. The van der Waals surface area contributed by atoms with Crippen LogP contribution < -0.4 is 5.32 Å². The summed E-state index contributed by atoms with van der Waals surface area (Å²) >= 11 is 0. The molecule has 5 heterocycles. The van der Waals surface area contributed by atoms with Gasteiger partial charge in [-0.25, -0.2) is 24.9 Å². The highest BCUT2D eigenvalue weighted by Crippen LogP contribution is 2.42. The molecule has 0 radical (unpaired) electrons. The Hall–Kier alpha value is -7.78. The van der Waals surface area contributed by atoms with E-state index >= 15 is 0 Å². The Morgan fingerprint density at radius 3 is 1.55 bits per heavy atom. The minimum Gasteiger partial charge on any atom is -0.330 e. The number of hydrogen-bond donors (Lipinski definition) is 1. The molecule has 0 fully saturated rings. The third-order valence-corrected chi connectivity index (χ3v) is 10.4. The first-order valence-electron chi connectivity index (χ1n) is 18.5. The normalized spacial score (nSPS) is 14.2. The number of nitrogens with zero attached hydrogens (tertiary/aromatic N) is 8. The van der Waals surface area contributed by atoms with Crippen molar-refractivity contribution in [2.45, 2.75) is 6.17 Å². The fourth-order valence-electron chi connectivity index (χ4n) is 7.91. The van der Waals surface area contributed by atoms with Gasteiger partial charge in [-0.2, -0.15) is 4.99 Å². The molecule has 1 unspecified atom stereocenters. The zero-order valence-electron chi connectivity index (χ0n) is 29.9. The summed E-state index contributed by atoms with van der Waals surface area (Å²) in [5, 5.41) is 8.08. The van der Waals surface area contributed by atoms with Crippen molar-refractivity contribution in [1.82, 2.24) is 34.4 Å². The van der Waals surface area contributed by atoms with Crippen molar-refractivity contribution in [2.75, 3.05) is 0 Å². The van der Waals surface area contributed by atoms with E-state index in [1.165, 1.54) is 0 Å². The van der Waals surface area contributed by atoms with Crippen LogP contribution in [0, 0.1) is 0 Å². The predicted octanol–water partition coefficient (Wildman–Crippen LogP) is 9.76. The smallest absolute Gasteiger partial charge is 0.212 e. The van der Waals surface area contributed by atoms with Crippen molar-refractivity contribution < 1.29 is 0 Å². The summed E-state index contributed by atoms with van der Waals surface area (Å²) in [5.74, 6) is 2.68. The maximum atomic E-state index is 5.34. The van der Waals surface area contributed by atoms with E-state index in [1.807, 2.05) is 48.5 Å². The van der Waals surface area contributed by atoms with Gasteiger partial charge in [0.25, 0.3) is 0 Å². The second kappa shape index (κ2) is 13.0. The third-order valence-electron chi connectivity index (χ3n) is 10.4. The van der Waals surface area contributed by atoms with Crippen LogP contribution in [0.2, 0.25) is 0 Å². The molecule has 56 heavy (non-hydrogen) atoms. The van der Waals surface area contributed by atoms with Crippen LogP contribution in [0.3, 0.4) is 0 Å². The lowest BCUT2D eigenvalue weighted by Gasteiger charge is -2.25. The second-order valence-corrected chi connectivity index (χ2v) is 13.7. The van der Waals surface area contributed by atoms with E-state index in [4.69, 9.17) is 9.98 Å². The number of benzene rings is 6. The summed E-state index contributed by atoms with van der Waals surface area (Å²) in [4.78, 5) is 28.9. The van der Waals surface area contributed by atoms with Gasteiger partial charge in [0.1, 0.15) is 6.17 Å². The molecule has 0 aliphatic carbocycles. The number of nitrogens with one attached hydrogen (secondary N) is 1. The summed E-state index contributed by atoms with van der Waals surface area (Å²) < 4.78 is 4.64. The highest BCUT2D eigenvalue weighted by Gasteiger charge is 2.27. The molecule has 264 valence electrons. The summed E-state index contributed by atoms with van der Waals surface area (Å²) in [5.41, 5.74) is 9.02. The predicted molar refractivity (Wildman–Crippen MR) is 224 cm³/mol. The van der Waals surface area contributed by atoms with Crippen LogP contribution in [0.15, 0.2) is 186 Å². The van der Waals surface area contributed by atoms with Crippen LogP contribution >= 0.6 is 0 Å². The van der Waals surface area contributed by atoms with Crippen LogP contribution in [-0.4, -0.2) is 40.9 Å². The van der Waals surface area contributed by atoms with E-state index in [9.17, 15) is 0 Å². The molecule has 9 heteroatoms. The molecular weight excluding hydrogens is 691 g/mol. The number of fused-ring (bicyclic) bond motifs is 7. The van der Waals surface area contributed by atoms with Gasteiger partial charge in [0.2, 0.25) is 5.96 Å². The first-order valence-corrected chi connectivity index (χ1v) is 18.5. The molecule has 0 spiro atoms. The number of aliphatic imine (C=N–C) groups is 2. The maximum Gasteiger partial charge on any atom is 0.212 e. The first kappa shape index (κ1) is 31.7. The van der Waals surface area contributed by atoms with Gasteiger partial charge in [0, 0.05) is 68.7 Å². The number of aromatic nitrogens is 6. The molecule has 10 aromatic rings. The van der Waals surface area contributed by atoms with Gasteiger partial charge in [0.15, 0.2) is 17.5 Å². The minimum atomic E-state index is -0.379. The van der Waals surface area contributed by atoms with Crippen LogP contribution in [-0.2, 0) is 0 Å². The van der Waals surface area contributed by atoms with Crippen LogP contribution in [0.4, 0.5) is 0 Å². The molecule has 1 aliphatic rings. The van der Waals surface area contributed by atoms with Gasteiger partial charge in [0.05, 0.1) is 22.1 Å². The van der Waals surface area contributed by atoms with Crippen molar-refractivity contribution in [2.24, 2.45) is 9.98 Å². The lowest BCUT2D eigenvalue weighted by Crippen LogP contribution is -2.37. The largest absolute Gasteiger partial charge is 0.330 e. The minimum absolute atomic E-state index is 0.379. The average molecular weight is 722 g/mol. The van der Waals surface area contributed by atoms with Crippen molar-refractivity contribution >= 4 is 55.4 Å². The summed E-state index contributed by atoms with van der Waals surface area (Å²) in [6.07, 6.45) is 6.74. The molecule has 9 nitrogen and oxygen atoms in total. The Balaban J connectivity index is 1.27. The molecule has 0 amide bonds. The molecule has 11 rings (SSSR count). The number of rotatable bonds is 5. The highest BCUT2D eigenvalue weighted by molar-refractivity contribution is 6.27. The van der Waals surface area contributed by atoms with Gasteiger partial charge in [-0.05, 0) is 66.2 Å². The lowest BCUT2D eigenvalue weighted by molar-refractivity contribution is 0.661. The van der Waals surface area contributed by atoms with Crippen LogP contribution in [0.1, 0.15) is 17.3 Å². The molecule has 0 saturated carbocycles. The summed E-state index contributed by atoms with van der Waals surface area (Å²) in [6, 6.07) is 52.1. The Labute approximate surface area is 321 Å². The monoisotopic (exact) mass is 721 g/mol. The van der Waals surface area contributed by atoms with Crippen LogP contribution in [0.5, 0.6) is 0 Å². The lowest BCUT2D eigenvalue weighted by atomic mass is 10.1. The van der Waals surface area contributed by atoms with E-state index in [0.717, 1.165) is 71.6 Å². The van der Waals surface area contributed by atoms with Gasteiger partial charge < -0.3 is 9.88 Å². The van der Waals surface area contributed by atoms with Gasteiger partial charge in [-0.1, -0.05) is 91.0 Å². The van der Waals surface area contributed by atoms with Crippen molar-refractivity contribution in [3.63, 3.8) is 0 Å². The second-order valence-electron chi connectivity index (χ2n) is 13.7. The Kier molecular flexibility index (Phi) is 7.34. The molecule has 1 aliphatic heterocycles. The molecule has 0 bridgehead atoms. The quantitative estimate of drug-likeness (QED) is 0.191. The van der Waals surface area contributed by atoms with E-state index in [0.29, 0.717) is 23.4 Å². The highest BCUT2D eigenvalue weighted by atomic mass is 15.3. The molecule has 1 atom stereocenters. The molecular formula is C47H31N9.